The maximum atomic E-state index is 12.2. The summed E-state index contributed by atoms with van der Waals surface area (Å²) in [5, 5.41) is 0. The van der Waals surface area contributed by atoms with Crippen LogP contribution in [0.4, 0.5) is 0 Å². The van der Waals surface area contributed by atoms with Gasteiger partial charge in [0.2, 0.25) is 10.0 Å². The summed E-state index contributed by atoms with van der Waals surface area (Å²) >= 11 is 0. The van der Waals surface area contributed by atoms with Crippen molar-refractivity contribution in [1.29, 1.82) is 0 Å². The van der Waals surface area contributed by atoms with Gasteiger partial charge in [0.25, 0.3) is 0 Å². The molecular weight excluding hydrogens is 314 g/mol. The molecule has 2 rings (SSSR count). The minimum Gasteiger partial charge on any atom is -0.465 e. The number of nitrogens with one attached hydrogen (secondary N) is 1. The number of hydrogen-bond donors (Lipinski definition) is 1. The van der Waals surface area contributed by atoms with Crippen molar-refractivity contribution in [3.8, 4) is 0 Å². The highest BCUT2D eigenvalue weighted by atomic mass is 32.2. The van der Waals surface area contributed by atoms with Crippen molar-refractivity contribution in [3.63, 3.8) is 0 Å². The molecule has 5 nitrogen and oxygen atoms in total. The Morgan fingerprint density at radius 3 is 2.09 bits per heavy atom. The molecule has 2 aromatic carbocycles. The molecule has 0 saturated carbocycles. The highest BCUT2D eigenvalue weighted by Crippen LogP contribution is 2.12. The van der Waals surface area contributed by atoms with Crippen molar-refractivity contribution in [2.24, 2.45) is 0 Å². The third kappa shape index (κ3) is 4.40. The zero-order valence-electron chi connectivity index (χ0n) is 13.1. The van der Waals surface area contributed by atoms with Crippen molar-refractivity contribution in [1.82, 2.24) is 4.72 Å². The van der Waals surface area contributed by atoms with Gasteiger partial charge in [0, 0.05) is 6.54 Å². The first-order chi connectivity index (χ1) is 11.0. The van der Waals surface area contributed by atoms with Gasteiger partial charge in [-0.05, 0) is 41.8 Å². The van der Waals surface area contributed by atoms with Crippen LogP contribution in [0.15, 0.2) is 53.4 Å². The molecule has 0 bridgehead atoms. The van der Waals surface area contributed by atoms with E-state index in [9.17, 15) is 13.2 Å². The van der Waals surface area contributed by atoms with Crippen LogP contribution in [0.1, 0.15) is 28.4 Å². The normalized spacial score (nSPS) is 11.2. The highest BCUT2D eigenvalue weighted by Gasteiger charge is 2.13. The van der Waals surface area contributed by atoms with Gasteiger partial charge in [0.15, 0.2) is 0 Å². The molecule has 0 saturated heterocycles. The molecule has 0 spiro atoms. The van der Waals surface area contributed by atoms with E-state index in [1.54, 1.807) is 48.5 Å². The minimum absolute atomic E-state index is 0.152. The molecule has 0 fully saturated rings. The van der Waals surface area contributed by atoms with Crippen molar-refractivity contribution >= 4 is 16.0 Å². The van der Waals surface area contributed by atoms with Crippen molar-refractivity contribution in [2.75, 3.05) is 7.11 Å². The number of benzene rings is 2. The number of carbonyl (C=O) groups excluding carboxylic acids is 1. The van der Waals surface area contributed by atoms with E-state index in [1.807, 2.05) is 6.92 Å². The average molecular weight is 333 g/mol. The summed E-state index contributed by atoms with van der Waals surface area (Å²) in [5.41, 5.74) is 2.27. The third-order valence-electron chi connectivity index (χ3n) is 3.48. The molecule has 0 aromatic heterocycles. The van der Waals surface area contributed by atoms with Gasteiger partial charge < -0.3 is 4.74 Å². The van der Waals surface area contributed by atoms with Crippen LogP contribution in [-0.2, 0) is 27.7 Å². The average Bonchev–Trinajstić information content (AvgIpc) is 2.60. The van der Waals surface area contributed by atoms with E-state index in [0.29, 0.717) is 5.56 Å². The molecule has 0 atom stereocenters. The number of rotatable bonds is 6. The summed E-state index contributed by atoms with van der Waals surface area (Å²) in [6.07, 6.45) is 0.861. The van der Waals surface area contributed by atoms with Crippen molar-refractivity contribution in [2.45, 2.75) is 24.8 Å². The van der Waals surface area contributed by atoms with E-state index < -0.39 is 16.0 Å². The fraction of sp³-hybridized carbons (Fsp3) is 0.235. The Labute approximate surface area is 136 Å². The Morgan fingerprint density at radius 1 is 1.00 bits per heavy atom. The second-order valence-corrected chi connectivity index (χ2v) is 6.78. The Morgan fingerprint density at radius 2 is 1.57 bits per heavy atom. The second kappa shape index (κ2) is 7.39. The fourth-order valence-electron chi connectivity index (χ4n) is 2.04. The van der Waals surface area contributed by atoms with Crippen molar-refractivity contribution in [3.05, 3.63) is 65.2 Å². The largest absolute Gasteiger partial charge is 0.465 e. The van der Waals surface area contributed by atoms with Gasteiger partial charge in [0.05, 0.1) is 17.6 Å². The lowest BCUT2D eigenvalue weighted by Gasteiger charge is -2.08. The number of ether oxygens (including phenoxy) is 1. The van der Waals surface area contributed by atoms with Crippen LogP contribution < -0.4 is 4.72 Å². The monoisotopic (exact) mass is 333 g/mol. The number of hydrogen-bond acceptors (Lipinski definition) is 4. The molecule has 0 aliphatic heterocycles. The molecule has 0 unspecified atom stereocenters. The van der Waals surface area contributed by atoms with Gasteiger partial charge in [-0.25, -0.2) is 17.9 Å². The van der Waals surface area contributed by atoms with E-state index in [2.05, 4.69) is 9.46 Å². The molecule has 0 heterocycles. The van der Waals surface area contributed by atoms with Crippen LogP contribution in [0.3, 0.4) is 0 Å². The first-order valence-electron chi connectivity index (χ1n) is 7.22. The standard InChI is InChI=1S/C17H19NO4S/c1-3-13-6-10-16(11-7-13)23(20,21)18-12-14-4-8-15(9-5-14)17(19)22-2/h4-11,18H,3,12H2,1-2H3. The summed E-state index contributed by atoms with van der Waals surface area (Å²) in [6.45, 7) is 2.17. The number of methoxy groups -OCH3 is 1. The predicted molar refractivity (Wildman–Crippen MR) is 87.6 cm³/mol. The van der Waals surface area contributed by atoms with E-state index in [4.69, 9.17) is 0 Å². The lowest BCUT2D eigenvalue weighted by atomic mass is 10.1. The zero-order valence-corrected chi connectivity index (χ0v) is 13.9. The molecule has 6 heteroatoms. The fourth-order valence-corrected chi connectivity index (χ4v) is 3.06. The van der Waals surface area contributed by atoms with E-state index >= 15 is 0 Å². The lowest BCUT2D eigenvalue weighted by molar-refractivity contribution is 0.0600. The highest BCUT2D eigenvalue weighted by molar-refractivity contribution is 7.89. The van der Waals surface area contributed by atoms with Gasteiger partial charge in [-0.15, -0.1) is 0 Å². The van der Waals surface area contributed by atoms with Gasteiger partial charge in [-0.3, -0.25) is 0 Å². The van der Waals surface area contributed by atoms with E-state index in [-0.39, 0.29) is 11.4 Å². The molecule has 122 valence electrons. The topological polar surface area (TPSA) is 72.5 Å². The first kappa shape index (κ1) is 17.2. The van der Waals surface area contributed by atoms with Crippen LogP contribution >= 0.6 is 0 Å². The first-order valence-corrected chi connectivity index (χ1v) is 8.70. The van der Waals surface area contributed by atoms with Gasteiger partial charge in [0.1, 0.15) is 0 Å². The van der Waals surface area contributed by atoms with E-state index in [1.165, 1.54) is 7.11 Å². The molecule has 23 heavy (non-hydrogen) atoms. The van der Waals surface area contributed by atoms with Crippen LogP contribution in [0.2, 0.25) is 0 Å². The number of aryl methyl sites for hydroxylation is 1. The van der Waals surface area contributed by atoms with Gasteiger partial charge in [-0.2, -0.15) is 0 Å². The molecule has 0 amide bonds. The SMILES string of the molecule is CCc1ccc(S(=O)(=O)NCc2ccc(C(=O)OC)cc2)cc1. The molecule has 2 aromatic rings. The Kier molecular flexibility index (Phi) is 5.52. The minimum atomic E-state index is -3.56. The predicted octanol–water partition coefficient (Wildman–Crippen LogP) is 2.51. The van der Waals surface area contributed by atoms with Gasteiger partial charge in [-0.1, -0.05) is 31.2 Å². The van der Waals surface area contributed by atoms with Crippen molar-refractivity contribution < 1.29 is 17.9 Å². The van der Waals surface area contributed by atoms with E-state index in [0.717, 1.165) is 17.5 Å². The zero-order chi connectivity index (χ0) is 16.9. The maximum Gasteiger partial charge on any atom is 0.337 e. The number of esters is 1. The lowest BCUT2D eigenvalue weighted by Crippen LogP contribution is -2.23. The summed E-state index contributed by atoms with van der Waals surface area (Å²) in [4.78, 5) is 11.6. The quantitative estimate of drug-likeness (QED) is 0.825. The van der Waals surface area contributed by atoms with Gasteiger partial charge >= 0.3 is 5.97 Å². The Hall–Kier alpha value is -2.18. The summed E-state index contributed by atoms with van der Waals surface area (Å²) in [7, 11) is -2.24. The van der Waals surface area contributed by atoms with Crippen LogP contribution in [0, 0.1) is 0 Å². The maximum absolute atomic E-state index is 12.2. The molecular formula is C17H19NO4S. The number of sulfonamides is 1. The molecule has 0 radical (unpaired) electrons. The summed E-state index contributed by atoms with van der Waals surface area (Å²) < 4.78 is 31.6. The molecule has 0 aliphatic rings. The van der Waals surface area contributed by atoms with Crippen LogP contribution in [0.5, 0.6) is 0 Å². The van der Waals surface area contributed by atoms with Crippen LogP contribution in [-0.4, -0.2) is 21.5 Å². The van der Waals surface area contributed by atoms with Crippen LogP contribution in [0.25, 0.3) is 0 Å². The Balaban J connectivity index is 2.05. The smallest absolute Gasteiger partial charge is 0.337 e. The Bertz CT molecular complexity index is 765. The number of carbonyl (C=O) groups is 1. The third-order valence-corrected chi connectivity index (χ3v) is 4.90. The molecule has 1 N–H and O–H groups in total. The second-order valence-electron chi connectivity index (χ2n) is 5.01. The molecule has 0 aliphatic carbocycles. The summed E-state index contributed by atoms with van der Waals surface area (Å²) in [5.74, 6) is -0.423. The summed E-state index contributed by atoms with van der Waals surface area (Å²) in [6, 6.07) is 13.4.